The molecular weight excluding hydrogens is 528 g/mol. The number of fused-ring (bicyclic) bond motifs is 2. The summed E-state index contributed by atoms with van der Waals surface area (Å²) in [7, 11) is 0. The van der Waals surface area contributed by atoms with E-state index in [9.17, 15) is 50.1 Å². The van der Waals surface area contributed by atoms with E-state index >= 15 is 0 Å². The molecule has 40 heavy (non-hydrogen) atoms. The maximum Gasteiger partial charge on any atom is 0.228 e. The van der Waals surface area contributed by atoms with Gasteiger partial charge in [0.15, 0.2) is 11.6 Å². The van der Waals surface area contributed by atoms with Crippen LogP contribution in [0.2, 0.25) is 0 Å². The van der Waals surface area contributed by atoms with Crippen LogP contribution in [-0.4, -0.2) is 84.3 Å². The molecule has 0 bridgehead atoms. The number of carbonyl (C=O) groups is 3. The summed E-state index contributed by atoms with van der Waals surface area (Å²) < 4.78 is 11.0. The summed E-state index contributed by atoms with van der Waals surface area (Å²) in [5.74, 6) is -5.50. The number of phenolic OH excluding ortho intramolecular Hbond substituents is 4. The molecule has 208 valence electrons. The van der Waals surface area contributed by atoms with Crippen molar-refractivity contribution in [3.05, 3.63) is 63.7 Å². The van der Waals surface area contributed by atoms with E-state index < -0.39 is 88.4 Å². The molecule has 7 N–H and O–H groups in total. The third-order valence-electron chi connectivity index (χ3n) is 7.02. The first-order valence-electron chi connectivity index (χ1n) is 12.1. The fourth-order valence-electron chi connectivity index (χ4n) is 5.13. The molecule has 1 fully saturated rings. The molecule has 0 unspecified atom stereocenters. The number of phenols is 4. The highest BCUT2D eigenvalue weighted by Gasteiger charge is 2.42. The normalized spacial score (nSPS) is 22.0. The minimum atomic E-state index is -1.79. The Morgan fingerprint density at radius 1 is 0.850 bits per heavy atom. The van der Waals surface area contributed by atoms with Crippen LogP contribution < -0.4 is 4.74 Å². The van der Waals surface area contributed by atoms with Gasteiger partial charge in [0.1, 0.15) is 52.6 Å². The summed E-state index contributed by atoms with van der Waals surface area (Å²) in [6.07, 6.45) is -6.53. The maximum atomic E-state index is 13.8. The number of aromatic hydroxyl groups is 4. The van der Waals surface area contributed by atoms with Gasteiger partial charge in [0.05, 0.1) is 23.3 Å². The van der Waals surface area contributed by atoms with Crippen LogP contribution in [0.4, 0.5) is 0 Å². The van der Waals surface area contributed by atoms with Crippen molar-refractivity contribution in [3.8, 4) is 39.9 Å². The second kappa shape index (κ2) is 9.61. The highest BCUT2D eigenvalue weighted by atomic mass is 16.7. The van der Waals surface area contributed by atoms with E-state index in [0.717, 1.165) is 19.1 Å². The topological polar surface area (TPSA) is 211 Å². The molecule has 5 rings (SSSR count). The Labute approximate surface area is 225 Å². The minimum absolute atomic E-state index is 0.141. The van der Waals surface area contributed by atoms with Crippen LogP contribution in [0.5, 0.6) is 28.7 Å². The average molecular weight is 552 g/mol. The van der Waals surface area contributed by atoms with E-state index in [4.69, 9.17) is 9.47 Å². The zero-order chi connectivity index (χ0) is 29.2. The summed E-state index contributed by atoms with van der Waals surface area (Å²) in [6, 6.07) is 5.92. The van der Waals surface area contributed by atoms with Gasteiger partial charge in [-0.25, -0.2) is 0 Å². The predicted molar refractivity (Wildman–Crippen MR) is 135 cm³/mol. The quantitative estimate of drug-likeness (QED) is 0.179. The molecule has 1 heterocycles. The highest BCUT2D eigenvalue weighted by Crippen LogP contribution is 2.51. The number of aryl methyl sites for hydroxylation is 1. The van der Waals surface area contributed by atoms with E-state index in [2.05, 4.69) is 0 Å². The van der Waals surface area contributed by atoms with Crippen molar-refractivity contribution in [2.75, 3.05) is 6.61 Å². The lowest BCUT2D eigenvalue weighted by atomic mass is 9.77. The number of hydrogen-bond donors (Lipinski definition) is 7. The van der Waals surface area contributed by atoms with E-state index in [1.807, 2.05) is 0 Å². The van der Waals surface area contributed by atoms with Crippen molar-refractivity contribution in [1.82, 2.24) is 0 Å². The van der Waals surface area contributed by atoms with Crippen molar-refractivity contribution >= 4 is 17.3 Å². The lowest BCUT2D eigenvalue weighted by molar-refractivity contribution is -0.241. The van der Waals surface area contributed by atoms with Crippen molar-refractivity contribution in [3.63, 3.8) is 0 Å². The van der Waals surface area contributed by atoms with Gasteiger partial charge in [0.25, 0.3) is 0 Å². The first-order chi connectivity index (χ1) is 18.8. The average Bonchev–Trinajstić information content (AvgIpc) is 2.87. The molecule has 12 heteroatoms. The van der Waals surface area contributed by atoms with Crippen molar-refractivity contribution in [2.24, 2.45) is 0 Å². The van der Waals surface area contributed by atoms with Crippen LogP contribution in [-0.2, 0) is 4.74 Å². The third-order valence-corrected chi connectivity index (χ3v) is 7.02. The molecule has 0 saturated carbocycles. The number of benzene rings is 3. The van der Waals surface area contributed by atoms with Crippen LogP contribution >= 0.6 is 0 Å². The van der Waals surface area contributed by atoms with E-state index in [0.29, 0.717) is 0 Å². The molecule has 2 aliphatic rings. The van der Waals surface area contributed by atoms with Gasteiger partial charge in [0.2, 0.25) is 12.1 Å². The first kappa shape index (κ1) is 27.1. The van der Waals surface area contributed by atoms with Crippen LogP contribution in [0.25, 0.3) is 11.1 Å². The Morgan fingerprint density at radius 2 is 1.55 bits per heavy atom. The summed E-state index contributed by atoms with van der Waals surface area (Å²) >= 11 is 0. The zero-order valence-corrected chi connectivity index (χ0v) is 21.1. The molecule has 12 nitrogen and oxygen atoms in total. The molecule has 1 aliphatic heterocycles. The zero-order valence-electron chi connectivity index (χ0n) is 21.1. The predicted octanol–water partition coefficient (Wildman–Crippen LogP) is 1.28. The van der Waals surface area contributed by atoms with Crippen molar-refractivity contribution < 1.29 is 59.6 Å². The standard InChI is InChI=1S/C28H24O12/c1-9-6-13(31)20-22(23(34)11-4-3-5-12(30)19(11)26(20)37)17(9)21-16(7-14(32)18(10(2)29)25(21)36)40-28-27(38)24(35)15(33)8-39-28/h3-7,15,24,27-28,30-33,35-36,38H,8H2,1-2H3/t15-,24-,27-,28+/m1/s1. The Hall–Kier alpha value is -4.49. The number of ether oxygens (including phenoxy) is 2. The van der Waals surface area contributed by atoms with Gasteiger partial charge in [-0.3, -0.25) is 14.4 Å². The fourth-order valence-corrected chi connectivity index (χ4v) is 5.13. The first-order valence-corrected chi connectivity index (χ1v) is 12.1. The number of rotatable bonds is 4. The molecule has 4 atom stereocenters. The third kappa shape index (κ3) is 3.97. The monoisotopic (exact) mass is 552 g/mol. The van der Waals surface area contributed by atoms with Gasteiger partial charge in [0, 0.05) is 22.8 Å². The van der Waals surface area contributed by atoms with Gasteiger partial charge < -0.3 is 45.2 Å². The van der Waals surface area contributed by atoms with E-state index in [1.54, 1.807) is 0 Å². The molecule has 0 aromatic heterocycles. The van der Waals surface area contributed by atoms with E-state index in [1.165, 1.54) is 25.1 Å². The number of carbonyl (C=O) groups excluding carboxylic acids is 3. The van der Waals surface area contributed by atoms with Crippen LogP contribution in [0.15, 0.2) is 30.3 Å². The Bertz CT molecular complexity index is 1610. The SMILES string of the molecule is CC(=O)c1c(O)cc(O[C@@H]2OC[C@@H](O)[C@@H](O)[C@H]2O)c(-c2c(C)cc(O)c3c2C(=O)c2cccc(O)c2C3=O)c1O. The molecule has 0 amide bonds. The van der Waals surface area contributed by atoms with Gasteiger partial charge >= 0.3 is 0 Å². The van der Waals surface area contributed by atoms with Gasteiger partial charge in [-0.15, -0.1) is 0 Å². The molecular formula is C28H24O12. The van der Waals surface area contributed by atoms with Gasteiger partial charge in [-0.05, 0) is 31.5 Å². The fraction of sp³-hybridized carbons (Fsp3) is 0.250. The number of Topliss-reactive ketones (excluding diaryl/α,β-unsaturated/α-hetero) is 1. The molecule has 3 aromatic carbocycles. The van der Waals surface area contributed by atoms with Gasteiger partial charge in [-0.2, -0.15) is 0 Å². The number of aliphatic hydroxyl groups excluding tert-OH is 3. The number of hydrogen-bond acceptors (Lipinski definition) is 12. The second-order valence-electron chi connectivity index (χ2n) is 9.61. The summed E-state index contributed by atoms with van der Waals surface area (Å²) in [4.78, 5) is 39.6. The lowest BCUT2D eigenvalue weighted by Crippen LogP contribution is -2.54. The van der Waals surface area contributed by atoms with Gasteiger partial charge in [-0.1, -0.05) is 12.1 Å². The largest absolute Gasteiger partial charge is 0.507 e. The van der Waals surface area contributed by atoms with Crippen molar-refractivity contribution in [2.45, 2.75) is 38.4 Å². The second-order valence-corrected chi connectivity index (χ2v) is 9.61. The lowest BCUT2D eigenvalue weighted by Gasteiger charge is -2.35. The van der Waals surface area contributed by atoms with Crippen LogP contribution in [0, 0.1) is 6.92 Å². The van der Waals surface area contributed by atoms with E-state index in [-0.39, 0.29) is 33.4 Å². The summed E-state index contributed by atoms with van der Waals surface area (Å²) in [5, 5.41) is 73.2. The molecule has 1 aliphatic carbocycles. The smallest absolute Gasteiger partial charge is 0.228 e. The van der Waals surface area contributed by atoms with Crippen LogP contribution in [0.3, 0.4) is 0 Å². The van der Waals surface area contributed by atoms with Crippen LogP contribution in [0.1, 0.15) is 54.7 Å². The Balaban J connectivity index is 1.81. The van der Waals surface area contributed by atoms with Crippen molar-refractivity contribution in [1.29, 1.82) is 0 Å². The highest BCUT2D eigenvalue weighted by molar-refractivity contribution is 6.32. The molecule has 3 aromatic rings. The number of aliphatic hydroxyl groups is 3. The maximum absolute atomic E-state index is 13.8. The minimum Gasteiger partial charge on any atom is -0.507 e. The molecule has 0 radical (unpaired) electrons. The Kier molecular flexibility index (Phi) is 6.51. The molecule has 1 saturated heterocycles. The summed E-state index contributed by atoms with van der Waals surface area (Å²) in [5.41, 5.74) is -2.28. The molecule has 0 spiro atoms. The number of ketones is 3. The Morgan fingerprint density at radius 3 is 2.23 bits per heavy atom. The summed E-state index contributed by atoms with van der Waals surface area (Å²) in [6.45, 7) is 2.07.